The number of pyridine rings is 1. The van der Waals surface area contributed by atoms with Crippen molar-refractivity contribution in [1.29, 1.82) is 0 Å². The Hall–Kier alpha value is -2.35. The van der Waals surface area contributed by atoms with E-state index < -0.39 is 11.7 Å². The lowest BCUT2D eigenvalue weighted by molar-refractivity contribution is -0.137. The summed E-state index contributed by atoms with van der Waals surface area (Å²) in [5.41, 5.74) is 3.62. The van der Waals surface area contributed by atoms with Gasteiger partial charge in [-0.15, -0.1) is 0 Å². The lowest BCUT2D eigenvalue weighted by Crippen LogP contribution is -2.05. The molecule has 0 aliphatic heterocycles. The van der Waals surface area contributed by atoms with Crippen LogP contribution in [0, 0.1) is 0 Å². The molecule has 8 heteroatoms. The number of nitrogens with zero attached hydrogens (tertiary/aromatic N) is 2. The maximum Gasteiger partial charge on any atom is 0.417 e. The number of H-pyrrole nitrogens is 1. The monoisotopic (exact) mass is 382 g/mol. The molecule has 3 rings (SSSR count). The highest BCUT2D eigenvalue weighted by atomic mass is 79.9. The number of aromatic amines is 1. The third-order valence-electron chi connectivity index (χ3n) is 3.15. The minimum absolute atomic E-state index is 0.232. The lowest BCUT2D eigenvalue weighted by atomic mass is 10.2. The number of rotatable bonds is 3. The Bertz CT molecular complexity index is 853. The van der Waals surface area contributed by atoms with Crippen LogP contribution in [0.15, 0.2) is 52.3 Å². The minimum atomic E-state index is -4.40. The number of nitrogens with one attached hydrogen (secondary N) is 2. The van der Waals surface area contributed by atoms with E-state index in [1.165, 1.54) is 6.07 Å². The molecular weight excluding hydrogens is 373 g/mol. The van der Waals surface area contributed by atoms with E-state index in [9.17, 15) is 13.2 Å². The molecule has 0 spiro atoms. The highest BCUT2D eigenvalue weighted by Gasteiger charge is 2.30. The Morgan fingerprint density at radius 3 is 2.74 bits per heavy atom. The zero-order chi connectivity index (χ0) is 16.4. The second kappa shape index (κ2) is 6.04. The zero-order valence-electron chi connectivity index (χ0n) is 11.5. The van der Waals surface area contributed by atoms with Gasteiger partial charge in [-0.25, -0.2) is 4.98 Å². The molecule has 1 aromatic carbocycles. The molecule has 0 bridgehead atoms. The largest absolute Gasteiger partial charge is 0.417 e. The molecule has 2 N–H and O–H groups in total. The van der Waals surface area contributed by atoms with Crippen LogP contribution >= 0.6 is 15.9 Å². The fourth-order valence-corrected chi connectivity index (χ4v) is 2.38. The number of benzene rings is 1. The van der Waals surface area contributed by atoms with Crippen molar-refractivity contribution < 1.29 is 13.2 Å². The second-order valence-corrected chi connectivity index (χ2v) is 5.65. The highest BCUT2D eigenvalue weighted by Crippen LogP contribution is 2.28. The van der Waals surface area contributed by atoms with E-state index >= 15 is 0 Å². The topological polar surface area (TPSA) is 53.1 Å². The third-order valence-corrected chi connectivity index (χ3v) is 3.64. The number of hydrogen-bond donors (Lipinski definition) is 2. The van der Waals surface area contributed by atoms with Gasteiger partial charge in [0, 0.05) is 33.3 Å². The summed E-state index contributed by atoms with van der Waals surface area (Å²) in [7, 11) is 0. The summed E-state index contributed by atoms with van der Waals surface area (Å²) in [6, 6.07) is 7.98. The molecule has 0 saturated heterocycles. The van der Waals surface area contributed by atoms with Gasteiger partial charge < -0.3 is 4.98 Å². The van der Waals surface area contributed by atoms with Gasteiger partial charge >= 0.3 is 6.18 Å². The van der Waals surface area contributed by atoms with Gasteiger partial charge in [0.1, 0.15) is 5.82 Å². The molecule has 0 aliphatic carbocycles. The highest BCUT2D eigenvalue weighted by molar-refractivity contribution is 9.10. The molecule has 2 aromatic heterocycles. The van der Waals surface area contributed by atoms with E-state index in [2.05, 4.69) is 36.4 Å². The summed E-state index contributed by atoms with van der Waals surface area (Å²) in [5.74, 6) is 0.232. The Morgan fingerprint density at radius 1 is 1.22 bits per heavy atom. The molecule has 0 amide bonds. The molecule has 0 radical (unpaired) electrons. The van der Waals surface area contributed by atoms with Crippen LogP contribution in [0.4, 0.5) is 19.0 Å². The average molecular weight is 383 g/mol. The SMILES string of the molecule is FC(F)(F)c1ccc(NN=Cc2c[nH]c3ccc(Br)cc23)nc1. The lowest BCUT2D eigenvalue weighted by Gasteiger charge is -2.06. The second-order valence-electron chi connectivity index (χ2n) is 4.73. The Kier molecular flexibility index (Phi) is 4.08. The van der Waals surface area contributed by atoms with Crippen molar-refractivity contribution in [3.8, 4) is 0 Å². The molecule has 2 heterocycles. The number of aromatic nitrogens is 2. The van der Waals surface area contributed by atoms with Crippen molar-refractivity contribution in [2.24, 2.45) is 5.10 Å². The van der Waals surface area contributed by atoms with Crippen molar-refractivity contribution >= 4 is 38.9 Å². The van der Waals surface area contributed by atoms with Crippen LogP contribution < -0.4 is 5.43 Å². The fourth-order valence-electron chi connectivity index (χ4n) is 2.02. The smallest absolute Gasteiger partial charge is 0.361 e. The summed E-state index contributed by atoms with van der Waals surface area (Å²) < 4.78 is 38.3. The molecular formula is C15H10BrF3N4. The van der Waals surface area contributed by atoms with Crippen LogP contribution in [0.3, 0.4) is 0 Å². The minimum Gasteiger partial charge on any atom is -0.361 e. The molecule has 0 unspecified atom stereocenters. The van der Waals surface area contributed by atoms with E-state index in [1.807, 2.05) is 18.2 Å². The van der Waals surface area contributed by atoms with Gasteiger partial charge in [0.25, 0.3) is 0 Å². The Labute approximate surface area is 137 Å². The van der Waals surface area contributed by atoms with E-state index in [0.717, 1.165) is 33.2 Å². The van der Waals surface area contributed by atoms with Gasteiger partial charge in [0.15, 0.2) is 0 Å². The van der Waals surface area contributed by atoms with Gasteiger partial charge in [-0.05, 0) is 30.3 Å². The summed E-state index contributed by atoms with van der Waals surface area (Å²) in [5, 5.41) is 4.98. The zero-order valence-corrected chi connectivity index (χ0v) is 13.1. The summed E-state index contributed by atoms with van der Waals surface area (Å²) in [6.45, 7) is 0. The molecule has 0 fully saturated rings. The van der Waals surface area contributed by atoms with E-state index in [-0.39, 0.29) is 5.82 Å². The van der Waals surface area contributed by atoms with Crippen molar-refractivity contribution in [2.45, 2.75) is 6.18 Å². The number of anilines is 1. The molecule has 4 nitrogen and oxygen atoms in total. The van der Waals surface area contributed by atoms with Crippen LogP contribution in [0.2, 0.25) is 0 Å². The maximum atomic E-state index is 12.4. The van der Waals surface area contributed by atoms with Crippen LogP contribution in [0.5, 0.6) is 0 Å². The van der Waals surface area contributed by atoms with Crippen LogP contribution in [-0.2, 0) is 6.18 Å². The first-order valence-corrected chi connectivity index (χ1v) is 7.32. The van der Waals surface area contributed by atoms with Gasteiger partial charge in [0.2, 0.25) is 0 Å². The molecule has 3 aromatic rings. The van der Waals surface area contributed by atoms with Gasteiger partial charge in [-0.2, -0.15) is 18.3 Å². The number of hydrazone groups is 1. The Balaban J connectivity index is 1.74. The number of halogens is 4. The molecule has 23 heavy (non-hydrogen) atoms. The number of alkyl halides is 3. The molecule has 118 valence electrons. The number of fused-ring (bicyclic) bond motifs is 1. The normalized spacial score (nSPS) is 12.2. The van der Waals surface area contributed by atoms with Gasteiger partial charge in [-0.3, -0.25) is 5.43 Å². The third kappa shape index (κ3) is 3.53. The summed E-state index contributed by atoms with van der Waals surface area (Å²) in [6.07, 6.45) is -0.264. The first-order valence-electron chi connectivity index (χ1n) is 6.52. The standard InChI is InChI=1S/C15H10BrF3N4/c16-11-2-3-13-12(5-11)9(6-20-13)7-22-23-14-4-1-10(8-21-14)15(17,18)19/h1-8,20H,(H,21,23). The van der Waals surface area contributed by atoms with Crippen LogP contribution in [0.1, 0.15) is 11.1 Å². The predicted molar refractivity (Wildman–Crippen MR) is 86.5 cm³/mol. The maximum absolute atomic E-state index is 12.4. The molecule has 0 saturated carbocycles. The molecule has 0 aliphatic rings. The van der Waals surface area contributed by atoms with E-state index in [0.29, 0.717) is 0 Å². The molecule has 0 atom stereocenters. The summed E-state index contributed by atoms with van der Waals surface area (Å²) >= 11 is 3.40. The van der Waals surface area contributed by atoms with Crippen molar-refractivity contribution in [1.82, 2.24) is 9.97 Å². The predicted octanol–water partition coefficient (Wildman–Crippen LogP) is 4.79. The quantitative estimate of drug-likeness (QED) is 0.505. The van der Waals surface area contributed by atoms with Crippen molar-refractivity contribution in [3.63, 3.8) is 0 Å². The van der Waals surface area contributed by atoms with E-state index in [1.54, 1.807) is 12.4 Å². The van der Waals surface area contributed by atoms with Gasteiger partial charge in [-0.1, -0.05) is 15.9 Å². The first-order chi connectivity index (χ1) is 10.9. The van der Waals surface area contributed by atoms with Gasteiger partial charge in [0.05, 0.1) is 11.8 Å². The Morgan fingerprint density at radius 2 is 2.04 bits per heavy atom. The van der Waals surface area contributed by atoms with Crippen molar-refractivity contribution in [2.75, 3.05) is 5.43 Å². The summed E-state index contributed by atoms with van der Waals surface area (Å²) in [4.78, 5) is 6.79. The van der Waals surface area contributed by atoms with E-state index in [4.69, 9.17) is 0 Å². The van der Waals surface area contributed by atoms with Crippen LogP contribution in [-0.4, -0.2) is 16.2 Å². The van der Waals surface area contributed by atoms with Crippen LogP contribution in [0.25, 0.3) is 10.9 Å². The fraction of sp³-hybridized carbons (Fsp3) is 0.0667. The van der Waals surface area contributed by atoms with Crippen molar-refractivity contribution in [3.05, 3.63) is 58.3 Å². The average Bonchev–Trinajstić information content (AvgIpc) is 2.89. The number of hydrogen-bond acceptors (Lipinski definition) is 3. The first kappa shape index (κ1) is 15.5.